The molecule has 0 spiro atoms. The summed E-state index contributed by atoms with van der Waals surface area (Å²) in [6, 6.07) is 11.0. The first kappa shape index (κ1) is 21.7. The lowest BCUT2D eigenvalue weighted by molar-refractivity contribution is 0.0420. The molecule has 1 aliphatic heterocycles. The molecule has 0 bridgehead atoms. The number of hydrogen-bond donors (Lipinski definition) is 2. The van der Waals surface area contributed by atoms with Crippen LogP contribution in [-0.2, 0) is 9.47 Å². The summed E-state index contributed by atoms with van der Waals surface area (Å²) in [6.45, 7) is 10.4. The molecule has 0 amide bonds. The Morgan fingerprint density at radius 3 is 2.67 bits per heavy atom. The molecule has 6 nitrogen and oxygen atoms in total. The predicted molar refractivity (Wildman–Crippen MR) is 111 cm³/mol. The number of benzene rings is 1. The Hall–Kier alpha value is -1.63. The molecule has 0 saturated carbocycles. The quantitative estimate of drug-likeness (QED) is 0.353. The van der Waals surface area contributed by atoms with Crippen LogP contribution in [0.15, 0.2) is 35.3 Å². The third-order valence-electron chi connectivity index (χ3n) is 4.98. The molecule has 0 aromatic heterocycles. The summed E-state index contributed by atoms with van der Waals surface area (Å²) in [5.74, 6) is 0.840. The van der Waals surface area contributed by atoms with E-state index in [9.17, 15) is 0 Å². The number of likely N-dealkylation sites (N-methyl/N-ethyl adjacent to an activating group) is 1. The number of nitrogens with zero attached hydrogens (tertiary/aromatic N) is 2. The van der Waals surface area contributed by atoms with Crippen molar-refractivity contribution >= 4 is 5.96 Å². The monoisotopic (exact) mass is 376 g/mol. The summed E-state index contributed by atoms with van der Waals surface area (Å²) >= 11 is 0. The second kappa shape index (κ2) is 12.7. The molecule has 1 saturated heterocycles. The molecule has 2 atom stereocenters. The third-order valence-corrected chi connectivity index (χ3v) is 4.98. The van der Waals surface area contributed by atoms with Gasteiger partial charge in [0.15, 0.2) is 5.96 Å². The third kappa shape index (κ3) is 7.48. The SMILES string of the molecule is CCN(CC)C(CNC(=NC)NCCCOC1CCOC1)c1ccccc1. The van der Waals surface area contributed by atoms with Crippen molar-refractivity contribution in [2.45, 2.75) is 38.8 Å². The number of aliphatic imine (C=N–C) groups is 1. The predicted octanol–water partition coefficient (Wildman–Crippen LogP) is 2.43. The molecular weight excluding hydrogens is 340 g/mol. The second-order valence-corrected chi connectivity index (χ2v) is 6.74. The summed E-state index contributed by atoms with van der Waals surface area (Å²) < 4.78 is 11.1. The summed E-state index contributed by atoms with van der Waals surface area (Å²) in [6.07, 6.45) is 2.25. The van der Waals surface area contributed by atoms with Gasteiger partial charge in [-0.1, -0.05) is 44.2 Å². The molecule has 27 heavy (non-hydrogen) atoms. The van der Waals surface area contributed by atoms with E-state index in [0.29, 0.717) is 6.04 Å². The van der Waals surface area contributed by atoms with Crippen LogP contribution in [-0.4, -0.2) is 70.0 Å². The highest BCUT2D eigenvalue weighted by molar-refractivity contribution is 5.79. The largest absolute Gasteiger partial charge is 0.379 e. The Morgan fingerprint density at radius 2 is 2.04 bits per heavy atom. The van der Waals surface area contributed by atoms with Gasteiger partial charge in [0.2, 0.25) is 0 Å². The van der Waals surface area contributed by atoms with Crippen molar-refractivity contribution in [3.8, 4) is 0 Å². The lowest BCUT2D eigenvalue weighted by atomic mass is 10.1. The average molecular weight is 377 g/mol. The molecule has 1 aliphatic rings. The van der Waals surface area contributed by atoms with Gasteiger partial charge in [0.25, 0.3) is 0 Å². The van der Waals surface area contributed by atoms with Crippen LogP contribution in [0.3, 0.4) is 0 Å². The zero-order chi connectivity index (χ0) is 19.3. The summed E-state index contributed by atoms with van der Waals surface area (Å²) in [5.41, 5.74) is 1.33. The number of hydrogen-bond acceptors (Lipinski definition) is 4. The average Bonchev–Trinajstić information content (AvgIpc) is 3.23. The number of nitrogens with one attached hydrogen (secondary N) is 2. The maximum Gasteiger partial charge on any atom is 0.191 e. The van der Waals surface area contributed by atoms with Crippen LogP contribution in [0.2, 0.25) is 0 Å². The number of rotatable bonds is 11. The maximum atomic E-state index is 5.80. The molecule has 0 aliphatic carbocycles. The molecule has 1 fully saturated rings. The van der Waals surface area contributed by atoms with Gasteiger partial charge in [0, 0.05) is 33.4 Å². The molecule has 152 valence electrons. The smallest absolute Gasteiger partial charge is 0.191 e. The van der Waals surface area contributed by atoms with Gasteiger partial charge in [-0.15, -0.1) is 0 Å². The maximum absolute atomic E-state index is 5.80. The van der Waals surface area contributed by atoms with Gasteiger partial charge in [-0.2, -0.15) is 0 Å². The normalized spacial score (nSPS) is 18.7. The van der Waals surface area contributed by atoms with Crippen LogP contribution >= 0.6 is 0 Å². The number of guanidine groups is 1. The minimum absolute atomic E-state index is 0.281. The Kier molecular flexibility index (Phi) is 10.2. The molecule has 2 N–H and O–H groups in total. The highest BCUT2D eigenvalue weighted by Crippen LogP contribution is 2.19. The Labute approximate surface area is 164 Å². The van der Waals surface area contributed by atoms with Crippen LogP contribution in [0, 0.1) is 0 Å². The molecule has 2 unspecified atom stereocenters. The summed E-state index contributed by atoms with van der Waals surface area (Å²) in [4.78, 5) is 6.82. The second-order valence-electron chi connectivity index (χ2n) is 6.74. The van der Waals surface area contributed by atoms with Gasteiger partial charge in [0.1, 0.15) is 0 Å². The van der Waals surface area contributed by atoms with E-state index in [0.717, 1.165) is 64.8 Å². The Balaban J connectivity index is 1.75. The first-order chi connectivity index (χ1) is 13.3. The molecule has 1 aromatic rings. The fourth-order valence-electron chi connectivity index (χ4n) is 3.38. The zero-order valence-corrected chi connectivity index (χ0v) is 17.1. The van der Waals surface area contributed by atoms with E-state index in [4.69, 9.17) is 9.47 Å². The van der Waals surface area contributed by atoms with Gasteiger partial charge < -0.3 is 20.1 Å². The van der Waals surface area contributed by atoms with Crippen molar-refractivity contribution in [1.29, 1.82) is 0 Å². The van der Waals surface area contributed by atoms with Crippen LogP contribution < -0.4 is 10.6 Å². The van der Waals surface area contributed by atoms with Crippen LogP contribution in [0.4, 0.5) is 0 Å². The fourth-order valence-corrected chi connectivity index (χ4v) is 3.38. The highest BCUT2D eigenvalue weighted by atomic mass is 16.5. The van der Waals surface area contributed by atoms with Crippen molar-refractivity contribution in [1.82, 2.24) is 15.5 Å². The van der Waals surface area contributed by atoms with Crippen molar-refractivity contribution in [3.05, 3.63) is 35.9 Å². The zero-order valence-electron chi connectivity index (χ0n) is 17.1. The molecule has 2 rings (SSSR count). The minimum Gasteiger partial charge on any atom is -0.379 e. The Morgan fingerprint density at radius 1 is 1.26 bits per heavy atom. The standard InChI is InChI=1S/C21H36N4O2/c1-4-25(5-2)20(18-10-7-6-8-11-18)16-24-21(22-3)23-13-9-14-27-19-12-15-26-17-19/h6-8,10-11,19-20H,4-5,9,12-17H2,1-3H3,(H2,22,23,24). The fraction of sp³-hybridized carbons (Fsp3) is 0.667. The first-order valence-corrected chi connectivity index (χ1v) is 10.2. The van der Waals surface area contributed by atoms with Crippen LogP contribution in [0.25, 0.3) is 0 Å². The van der Waals surface area contributed by atoms with Crippen molar-refractivity contribution in [2.75, 3.05) is 53.0 Å². The Bertz CT molecular complexity index is 528. The highest BCUT2D eigenvalue weighted by Gasteiger charge is 2.18. The van der Waals surface area contributed by atoms with E-state index in [1.54, 1.807) is 0 Å². The van der Waals surface area contributed by atoms with E-state index in [1.807, 2.05) is 7.05 Å². The van der Waals surface area contributed by atoms with Gasteiger partial charge >= 0.3 is 0 Å². The first-order valence-electron chi connectivity index (χ1n) is 10.2. The number of ether oxygens (including phenoxy) is 2. The van der Waals surface area contributed by atoms with E-state index in [-0.39, 0.29) is 6.10 Å². The van der Waals surface area contributed by atoms with Crippen molar-refractivity contribution < 1.29 is 9.47 Å². The summed E-state index contributed by atoms with van der Waals surface area (Å²) in [5, 5.41) is 6.87. The van der Waals surface area contributed by atoms with Gasteiger partial charge in [-0.25, -0.2) is 0 Å². The van der Waals surface area contributed by atoms with Gasteiger partial charge in [-0.05, 0) is 31.5 Å². The lowest BCUT2D eigenvalue weighted by Crippen LogP contribution is -2.43. The lowest BCUT2D eigenvalue weighted by Gasteiger charge is -2.30. The van der Waals surface area contributed by atoms with Crippen molar-refractivity contribution in [3.63, 3.8) is 0 Å². The summed E-state index contributed by atoms with van der Waals surface area (Å²) in [7, 11) is 1.82. The van der Waals surface area contributed by atoms with E-state index in [1.165, 1.54) is 5.56 Å². The van der Waals surface area contributed by atoms with Crippen LogP contribution in [0.1, 0.15) is 38.3 Å². The van der Waals surface area contributed by atoms with E-state index in [2.05, 4.69) is 64.7 Å². The van der Waals surface area contributed by atoms with E-state index < -0.39 is 0 Å². The molecule has 0 radical (unpaired) electrons. The topological polar surface area (TPSA) is 58.1 Å². The van der Waals surface area contributed by atoms with Crippen LogP contribution in [0.5, 0.6) is 0 Å². The molecule has 1 aromatic carbocycles. The molecular formula is C21H36N4O2. The van der Waals surface area contributed by atoms with E-state index >= 15 is 0 Å². The minimum atomic E-state index is 0.281. The van der Waals surface area contributed by atoms with Crippen molar-refractivity contribution in [2.24, 2.45) is 4.99 Å². The van der Waals surface area contributed by atoms with Gasteiger partial charge in [-0.3, -0.25) is 9.89 Å². The molecule has 1 heterocycles. The molecule has 6 heteroatoms. The van der Waals surface area contributed by atoms with Gasteiger partial charge in [0.05, 0.1) is 18.8 Å².